The second-order valence-corrected chi connectivity index (χ2v) is 6.79. The normalized spacial score (nSPS) is 10.8. The molecule has 0 spiro atoms. The molecule has 0 aromatic heterocycles. The molecule has 0 heterocycles. The van der Waals surface area contributed by atoms with Gasteiger partial charge in [0.25, 0.3) is 0 Å². The average molecular weight is 435 g/mol. The van der Waals surface area contributed by atoms with E-state index in [0.717, 1.165) is 36.4 Å². The molecule has 0 radical (unpaired) electrons. The number of nitrogens with one attached hydrogen (secondary N) is 1. The first-order valence-corrected chi connectivity index (χ1v) is 10.3. The number of hydrogen-bond acceptors (Lipinski definition) is 5. The second kappa shape index (κ2) is 11.8. The van der Waals surface area contributed by atoms with Crippen LogP contribution in [-0.2, 0) is 16.2 Å². The van der Waals surface area contributed by atoms with Crippen molar-refractivity contribution in [1.29, 1.82) is 0 Å². The minimum Gasteiger partial charge on any atom is -0.458 e. The lowest BCUT2D eigenvalue weighted by atomic mass is 9.79. The minimum absolute atomic E-state index is 0.0131. The zero-order valence-corrected chi connectivity index (χ0v) is 17.6. The van der Waals surface area contributed by atoms with Crippen LogP contribution in [0.2, 0.25) is 0 Å². The molecule has 0 saturated heterocycles. The number of alkyl halides is 3. The van der Waals surface area contributed by atoms with E-state index in [1.807, 2.05) is 27.7 Å². The molecule has 3 N–H and O–H groups in total. The van der Waals surface area contributed by atoms with Crippen molar-refractivity contribution < 1.29 is 36.4 Å². The van der Waals surface area contributed by atoms with Gasteiger partial charge < -0.3 is 14.8 Å². The summed E-state index contributed by atoms with van der Waals surface area (Å²) in [4.78, 5) is -0.224. The fourth-order valence-electron chi connectivity index (χ4n) is 1.95. The van der Waals surface area contributed by atoms with Crippen LogP contribution in [0.4, 0.5) is 13.2 Å². The number of ether oxygens (including phenoxy) is 1. The van der Waals surface area contributed by atoms with Gasteiger partial charge in [0.15, 0.2) is 0 Å². The molecular weight excluding hydrogens is 410 g/mol. The van der Waals surface area contributed by atoms with Crippen molar-refractivity contribution in [3.63, 3.8) is 0 Å². The summed E-state index contributed by atoms with van der Waals surface area (Å²) in [5.74, 6) is -0.0936. The quantitative estimate of drug-likeness (QED) is 0.628. The van der Waals surface area contributed by atoms with Gasteiger partial charge in [0.2, 0.25) is 10.0 Å². The van der Waals surface area contributed by atoms with E-state index in [1.54, 1.807) is 0 Å². The summed E-state index contributed by atoms with van der Waals surface area (Å²) in [6, 6.07) is 7.08. The van der Waals surface area contributed by atoms with Gasteiger partial charge in [0.05, 0.1) is 10.5 Å². The first-order chi connectivity index (χ1) is 13.5. The molecule has 2 rings (SSSR count). The Balaban J connectivity index is 0.00000184. The largest absolute Gasteiger partial charge is 0.492 e. The lowest BCUT2D eigenvalue weighted by Gasteiger charge is -2.13. The highest BCUT2D eigenvalue weighted by Crippen LogP contribution is 2.31. The van der Waals surface area contributed by atoms with Gasteiger partial charge in [0, 0.05) is 5.46 Å². The average Bonchev–Trinajstić information content (AvgIpc) is 2.70. The maximum absolute atomic E-state index is 12.5. The molecule has 2 aromatic carbocycles. The highest BCUT2D eigenvalue weighted by molar-refractivity contribution is 7.89. The SMILES string of the molecule is CC.CC.CNS(=O)(=O)c1ccc(Oc2ccc(C(F)(F)F)cc2)c(B(O)O)c1. The van der Waals surface area contributed by atoms with E-state index in [1.165, 1.54) is 13.1 Å². The van der Waals surface area contributed by atoms with Gasteiger partial charge in [-0.15, -0.1) is 0 Å². The van der Waals surface area contributed by atoms with Gasteiger partial charge >= 0.3 is 13.3 Å². The van der Waals surface area contributed by atoms with Crippen LogP contribution >= 0.6 is 0 Å². The van der Waals surface area contributed by atoms with Crippen LogP contribution in [0, 0.1) is 0 Å². The van der Waals surface area contributed by atoms with Gasteiger partial charge in [0.1, 0.15) is 11.5 Å². The smallest absolute Gasteiger partial charge is 0.458 e. The van der Waals surface area contributed by atoms with E-state index >= 15 is 0 Å². The Bertz CT molecular complexity index is 857. The molecule has 29 heavy (non-hydrogen) atoms. The molecule has 11 heteroatoms. The third-order valence-electron chi connectivity index (χ3n) is 3.25. The lowest BCUT2D eigenvalue weighted by molar-refractivity contribution is -0.137. The van der Waals surface area contributed by atoms with Crippen molar-refractivity contribution in [2.45, 2.75) is 38.8 Å². The second-order valence-electron chi connectivity index (χ2n) is 4.91. The lowest BCUT2D eigenvalue weighted by Crippen LogP contribution is -2.32. The predicted molar refractivity (Wildman–Crippen MR) is 107 cm³/mol. The fraction of sp³-hybridized carbons (Fsp3) is 0.333. The van der Waals surface area contributed by atoms with Crippen molar-refractivity contribution in [2.75, 3.05) is 7.05 Å². The zero-order valence-electron chi connectivity index (χ0n) is 16.8. The molecule has 0 aliphatic heterocycles. The van der Waals surface area contributed by atoms with Crippen LogP contribution in [0.5, 0.6) is 11.5 Å². The Morgan fingerprint density at radius 3 is 1.90 bits per heavy atom. The van der Waals surface area contributed by atoms with Crippen LogP contribution < -0.4 is 14.9 Å². The van der Waals surface area contributed by atoms with E-state index < -0.39 is 28.9 Å². The fourth-order valence-corrected chi connectivity index (χ4v) is 2.71. The molecular formula is C18H25BF3NO5S. The highest BCUT2D eigenvalue weighted by atomic mass is 32.2. The molecule has 0 atom stereocenters. The topological polar surface area (TPSA) is 95.9 Å². The first kappa shape index (κ1) is 26.9. The van der Waals surface area contributed by atoms with E-state index in [9.17, 15) is 31.6 Å². The number of benzene rings is 2. The summed E-state index contributed by atoms with van der Waals surface area (Å²) in [7, 11) is -4.67. The van der Waals surface area contributed by atoms with Crippen molar-refractivity contribution in [3.8, 4) is 11.5 Å². The highest BCUT2D eigenvalue weighted by Gasteiger charge is 2.30. The molecule has 0 saturated carbocycles. The van der Waals surface area contributed by atoms with Crippen LogP contribution in [0.25, 0.3) is 0 Å². The van der Waals surface area contributed by atoms with E-state index in [2.05, 4.69) is 4.72 Å². The van der Waals surface area contributed by atoms with Crippen LogP contribution in [0.3, 0.4) is 0 Å². The summed E-state index contributed by atoms with van der Waals surface area (Å²) in [6.45, 7) is 8.00. The third-order valence-corrected chi connectivity index (χ3v) is 4.66. The third kappa shape index (κ3) is 7.69. The Kier molecular flexibility index (Phi) is 11.0. The number of halogens is 3. The van der Waals surface area contributed by atoms with Crippen molar-refractivity contribution in [3.05, 3.63) is 48.0 Å². The summed E-state index contributed by atoms with van der Waals surface area (Å²) in [6.07, 6.45) is -4.49. The first-order valence-electron chi connectivity index (χ1n) is 8.83. The Morgan fingerprint density at radius 1 is 0.966 bits per heavy atom. The van der Waals surface area contributed by atoms with E-state index in [-0.39, 0.29) is 21.9 Å². The molecule has 0 unspecified atom stereocenters. The van der Waals surface area contributed by atoms with Crippen LogP contribution in [0.15, 0.2) is 47.4 Å². The van der Waals surface area contributed by atoms with Crippen LogP contribution in [-0.4, -0.2) is 32.6 Å². The van der Waals surface area contributed by atoms with Gasteiger partial charge in [-0.25, -0.2) is 13.1 Å². The number of rotatable bonds is 5. The van der Waals surface area contributed by atoms with Gasteiger partial charge in [-0.3, -0.25) is 0 Å². The summed E-state index contributed by atoms with van der Waals surface area (Å²) < 4.78 is 68.5. The molecule has 0 fully saturated rings. The zero-order chi connectivity index (χ0) is 22.8. The molecule has 0 bridgehead atoms. The van der Waals surface area contributed by atoms with Crippen molar-refractivity contribution in [2.24, 2.45) is 0 Å². The molecule has 0 aliphatic carbocycles. The monoisotopic (exact) mass is 435 g/mol. The Labute approximate surface area is 169 Å². The molecule has 162 valence electrons. The standard InChI is InChI=1S/C14H13BF3NO5S.2C2H6/c1-19-25(22,23)11-6-7-13(12(8-11)15(20)21)24-10-4-2-9(3-5-10)14(16,17)18;2*1-2/h2-8,19-21H,1H3;2*1-2H3. The Morgan fingerprint density at radius 2 is 1.48 bits per heavy atom. The number of hydrogen-bond donors (Lipinski definition) is 3. The predicted octanol–water partition coefficient (Wildman–Crippen LogP) is 3.14. The minimum atomic E-state index is -4.49. The van der Waals surface area contributed by atoms with Crippen molar-refractivity contribution >= 4 is 22.6 Å². The molecule has 2 aromatic rings. The molecule has 6 nitrogen and oxygen atoms in total. The van der Waals surface area contributed by atoms with E-state index in [0.29, 0.717) is 0 Å². The van der Waals surface area contributed by atoms with E-state index in [4.69, 9.17) is 4.74 Å². The summed E-state index contributed by atoms with van der Waals surface area (Å²) >= 11 is 0. The Hall–Kier alpha value is -2.08. The molecule has 0 aliphatic rings. The number of sulfonamides is 1. The van der Waals surface area contributed by atoms with Crippen molar-refractivity contribution in [1.82, 2.24) is 4.72 Å². The van der Waals surface area contributed by atoms with Crippen LogP contribution in [0.1, 0.15) is 33.3 Å². The molecule has 0 amide bonds. The summed E-state index contributed by atoms with van der Waals surface area (Å²) in [5, 5.41) is 18.8. The summed E-state index contributed by atoms with van der Waals surface area (Å²) in [5.41, 5.74) is -1.12. The van der Waals surface area contributed by atoms with Gasteiger partial charge in [-0.2, -0.15) is 13.2 Å². The van der Waals surface area contributed by atoms with Gasteiger partial charge in [-0.1, -0.05) is 27.7 Å². The maximum atomic E-state index is 12.5. The maximum Gasteiger partial charge on any atom is 0.492 e. The van der Waals surface area contributed by atoms with Gasteiger partial charge in [-0.05, 0) is 49.5 Å².